The highest BCUT2D eigenvalue weighted by Crippen LogP contribution is 2.28. The Morgan fingerprint density at radius 2 is 2.23 bits per heavy atom. The van der Waals surface area contributed by atoms with Crippen LogP contribution in [0.25, 0.3) is 0 Å². The van der Waals surface area contributed by atoms with Crippen LogP contribution in [-0.4, -0.2) is 11.3 Å². The van der Waals surface area contributed by atoms with Gasteiger partial charge in [-0.3, -0.25) is 9.78 Å². The standard InChI is InChI=1S/C8H6BrF2NO/c1-4-5(8(10)11)2-12-6(3-13)7(4)9/h2-3,8H,1H3. The molecule has 0 aromatic carbocycles. The molecule has 2 nitrogen and oxygen atoms in total. The molecule has 1 rings (SSSR count). The second-order valence-corrected chi connectivity index (χ2v) is 3.25. The van der Waals surface area contributed by atoms with Crippen molar-refractivity contribution < 1.29 is 13.6 Å². The van der Waals surface area contributed by atoms with E-state index in [4.69, 9.17) is 0 Å². The van der Waals surface area contributed by atoms with Crippen molar-refractivity contribution >= 4 is 22.2 Å². The molecule has 0 saturated carbocycles. The summed E-state index contributed by atoms with van der Waals surface area (Å²) in [5.41, 5.74) is 0.339. The monoisotopic (exact) mass is 249 g/mol. The van der Waals surface area contributed by atoms with Gasteiger partial charge in [0.25, 0.3) is 6.43 Å². The number of pyridine rings is 1. The number of hydrogen-bond acceptors (Lipinski definition) is 2. The van der Waals surface area contributed by atoms with Crippen LogP contribution in [0.5, 0.6) is 0 Å². The van der Waals surface area contributed by atoms with Gasteiger partial charge in [0, 0.05) is 16.2 Å². The van der Waals surface area contributed by atoms with Crippen LogP contribution in [0.4, 0.5) is 8.78 Å². The lowest BCUT2D eigenvalue weighted by molar-refractivity contribution is 0.111. The van der Waals surface area contributed by atoms with Crippen molar-refractivity contribution in [2.75, 3.05) is 0 Å². The number of aldehydes is 1. The van der Waals surface area contributed by atoms with E-state index in [2.05, 4.69) is 20.9 Å². The fourth-order valence-electron chi connectivity index (χ4n) is 0.914. The number of carbonyl (C=O) groups excluding carboxylic acids is 1. The van der Waals surface area contributed by atoms with Gasteiger partial charge >= 0.3 is 0 Å². The molecule has 0 atom stereocenters. The lowest BCUT2D eigenvalue weighted by Gasteiger charge is -2.06. The first-order valence-electron chi connectivity index (χ1n) is 3.46. The summed E-state index contributed by atoms with van der Waals surface area (Å²) in [6.45, 7) is 1.51. The number of aromatic nitrogens is 1. The van der Waals surface area contributed by atoms with Gasteiger partial charge in [-0.15, -0.1) is 0 Å². The average Bonchev–Trinajstić information content (AvgIpc) is 2.09. The minimum Gasteiger partial charge on any atom is -0.296 e. The molecular weight excluding hydrogens is 244 g/mol. The number of carbonyl (C=O) groups is 1. The van der Waals surface area contributed by atoms with Crippen LogP contribution in [0.2, 0.25) is 0 Å². The Morgan fingerprint density at radius 3 is 2.69 bits per heavy atom. The van der Waals surface area contributed by atoms with Crippen LogP contribution in [0, 0.1) is 6.92 Å². The van der Waals surface area contributed by atoms with Crippen molar-refractivity contribution in [2.24, 2.45) is 0 Å². The number of nitrogens with zero attached hydrogens (tertiary/aromatic N) is 1. The van der Waals surface area contributed by atoms with Gasteiger partial charge in [-0.25, -0.2) is 8.78 Å². The van der Waals surface area contributed by atoms with E-state index in [0.717, 1.165) is 6.20 Å². The molecule has 1 aromatic rings. The molecule has 1 heterocycles. The molecule has 0 saturated heterocycles. The third kappa shape index (κ3) is 1.91. The van der Waals surface area contributed by atoms with Crippen LogP contribution in [0.1, 0.15) is 28.0 Å². The van der Waals surface area contributed by atoms with Gasteiger partial charge in [-0.05, 0) is 28.4 Å². The minimum atomic E-state index is -2.57. The molecule has 5 heteroatoms. The number of rotatable bonds is 2. The molecule has 0 unspecified atom stereocenters. The summed E-state index contributed by atoms with van der Waals surface area (Å²) in [5.74, 6) is 0. The Balaban J connectivity index is 3.31. The molecule has 0 aliphatic rings. The zero-order chi connectivity index (χ0) is 10.0. The molecule has 0 aliphatic carbocycles. The summed E-state index contributed by atoms with van der Waals surface area (Å²) in [7, 11) is 0. The number of halogens is 3. The Bertz CT molecular complexity index is 341. The molecular formula is C8H6BrF2NO. The third-order valence-electron chi connectivity index (χ3n) is 1.68. The van der Waals surface area contributed by atoms with E-state index in [1.165, 1.54) is 6.92 Å². The number of alkyl halides is 2. The van der Waals surface area contributed by atoms with Crippen LogP contribution in [-0.2, 0) is 0 Å². The molecule has 0 N–H and O–H groups in total. The van der Waals surface area contributed by atoms with Gasteiger partial charge in [-0.1, -0.05) is 0 Å². The maximum absolute atomic E-state index is 12.3. The van der Waals surface area contributed by atoms with E-state index < -0.39 is 6.43 Å². The molecule has 0 spiro atoms. The summed E-state index contributed by atoms with van der Waals surface area (Å²) >= 11 is 3.03. The highest BCUT2D eigenvalue weighted by Gasteiger charge is 2.15. The molecule has 70 valence electrons. The summed E-state index contributed by atoms with van der Waals surface area (Å²) in [4.78, 5) is 14.0. The van der Waals surface area contributed by atoms with Crippen LogP contribution in [0.3, 0.4) is 0 Å². The SMILES string of the molecule is Cc1c(C(F)F)cnc(C=O)c1Br. The molecule has 0 bridgehead atoms. The molecule has 0 fully saturated rings. The maximum atomic E-state index is 12.3. The molecule has 13 heavy (non-hydrogen) atoms. The molecule has 0 amide bonds. The lowest BCUT2D eigenvalue weighted by atomic mass is 10.1. The summed E-state index contributed by atoms with van der Waals surface area (Å²) in [6, 6.07) is 0. The molecule has 1 aromatic heterocycles. The highest BCUT2D eigenvalue weighted by molar-refractivity contribution is 9.10. The normalized spacial score (nSPS) is 10.5. The zero-order valence-electron chi connectivity index (χ0n) is 6.72. The predicted molar refractivity (Wildman–Crippen MR) is 47.0 cm³/mol. The second-order valence-electron chi connectivity index (χ2n) is 2.46. The van der Waals surface area contributed by atoms with Gasteiger partial charge in [0.05, 0.1) is 0 Å². The first-order chi connectivity index (χ1) is 6.07. The van der Waals surface area contributed by atoms with Gasteiger partial charge < -0.3 is 0 Å². The summed E-state index contributed by atoms with van der Waals surface area (Å²) < 4.78 is 24.9. The first kappa shape index (κ1) is 10.2. The lowest BCUT2D eigenvalue weighted by Crippen LogP contribution is -1.97. The van der Waals surface area contributed by atoms with Crippen LogP contribution in [0.15, 0.2) is 10.7 Å². The summed E-state index contributed by atoms with van der Waals surface area (Å²) in [6.07, 6.45) is -1.02. The van der Waals surface area contributed by atoms with E-state index in [1.807, 2.05) is 0 Å². The summed E-state index contributed by atoms with van der Waals surface area (Å²) in [5, 5.41) is 0. The van der Waals surface area contributed by atoms with E-state index in [1.54, 1.807) is 0 Å². The van der Waals surface area contributed by atoms with Crippen molar-refractivity contribution in [1.82, 2.24) is 4.98 Å². The predicted octanol–water partition coefficient (Wildman–Crippen LogP) is 2.90. The highest BCUT2D eigenvalue weighted by atomic mass is 79.9. The fourth-order valence-corrected chi connectivity index (χ4v) is 1.34. The van der Waals surface area contributed by atoms with Crippen molar-refractivity contribution in [2.45, 2.75) is 13.3 Å². The Labute approximate surface area is 82.1 Å². The van der Waals surface area contributed by atoms with E-state index >= 15 is 0 Å². The minimum absolute atomic E-state index is 0.141. The Kier molecular flexibility index (Phi) is 3.08. The zero-order valence-corrected chi connectivity index (χ0v) is 8.31. The van der Waals surface area contributed by atoms with Crippen molar-refractivity contribution in [1.29, 1.82) is 0 Å². The van der Waals surface area contributed by atoms with Gasteiger partial charge in [-0.2, -0.15) is 0 Å². The maximum Gasteiger partial charge on any atom is 0.265 e. The smallest absolute Gasteiger partial charge is 0.265 e. The fraction of sp³-hybridized carbons (Fsp3) is 0.250. The van der Waals surface area contributed by atoms with E-state index in [9.17, 15) is 13.6 Å². The first-order valence-corrected chi connectivity index (χ1v) is 4.25. The van der Waals surface area contributed by atoms with Crippen molar-refractivity contribution in [3.63, 3.8) is 0 Å². The number of hydrogen-bond donors (Lipinski definition) is 0. The van der Waals surface area contributed by atoms with E-state index in [0.29, 0.717) is 16.3 Å². The van der Waals surface area contributed by atoms with Gasteiger partial charge in [0.2, 0.25) is 0 Å². The average molecular weight is 250 g/mol. The van der Waals surface area contributed by atoms with Crippen molar-refractivity contribution in [3.05, 3.63) is 27.5 Å². The second kappa shape index (κ2) is 3.91. The molecule has 0 aliphatic heterocycles. The Morgan fingerprint density at radius 1 is 1.62 bits per heavy atom. The van der Waals surface area contributed by atoms with Gasteiger partial charge in [0.1, 0.15) is 5.69 Å². The molecule has 0 radical (unpaired) electrons. The van der Waals surface area contributed by atoms with E-state index in [-0.39, 0.29) is 11.3 Å². The third-order valence-corrected chi connectivity index (χ3v) is 2.68. The topological polar surface area (TPSA) is 30.0 Å². The van der Waals surface area contributed by atoms with Crippen molar-refractivity contribution in [3.8, 4) is 0 Å². The van der Waals surface area contributed by atoms with Gasteiger partial charge in [0.15, 0.2) is 6.29 Å². The van der Waals surface area contributed by atoms with Crippen LogP contribution < -0.4 is 0 Å². The Hall–Kier alpha value is -0.840. The van der Waals surface area contributed by atoms with Crippen LogP contribution >= 0.6 is 15.9 Å². The quantitative estimate of drug-likeness (QED) is 0.755. The largest absolute Gasteiger partial charge is 0.296 e.